The van der Waals surface area contributed by atoms with Gasteiger partial charge in [-0.2, -0.15) is 4.31 Å². The Bertz CT molecular complexity index is 888. The molecule has 0 atom stereocenters. The van der Waals surface area contributed by atoms with Crippen molar-refractivity contribution in [2.45, 2.75) is 0 Å². The number of carbonyl (C=O) groups is 1. The van der Waals surface area contributed by atoms with E-state index in [9.17, 15) is 13.2 Å². The van der Waals surface area contributed by atoms with Crippen LogP contribution in [0, 0.1) is 0 Å². The summed E-state index contributed by atoms with van der Waals surface area (Å²) in [6.45, 7) is 1.63. The van der Waals surface area contributed by atoms with Crippen LogP contribution in [0.1, 0.15) is 15.2 Å². The van der Waals surface area contributed by atoms with E-state index in [1.54, 1.807) is 11.6 Å². The van der Waals surface area contributed by atoms with E-state index in [1.165, 1.54) is 15.9 Å². The van der Waals surface area contributed by atoms with Crippen molar-refractivity contribution in [3.8, 4) is 0 Å². The van der Waals surface area contributed by atoms with Gasteiger partial charge < -0.3 is 4.90 Å². The number of hydrogen-bond donors (Lipinski definition) is 2. The zero-order chi connectivity index (χ0) is 18.6. The summed E-state index contributed by atoms with van der Waals surface area (Å²) in [5.74, 6) is -0.610. The van der Waals surface area contributed by atoms with Gasteiger partial charge in [0.05, 0.1) is 6.20 Å². The molecule has 0 bridgehead atoms. The van der Waals surface area contributed by atoms with Crippen LogP contribution in [-0.4, -0.2) is 55.0 Å². The van der Waals surface area contributed by atoms with Gasteiger partial charge in [0.25, 0.3) is 5.91 Å². The zero-order valence-corrected chi connectivity index (χ0v) is 15.4. The average Bonchev–Trinajstić information content (AvgIpc) is 3.17. The van der Waals surface area contributed by atoms with Crippen LogP contribution in [0.15, 0.2) is 41.9 Å². The Morgan fingerprint density at radius 2 is 1.88 bits per heavy atom. The van der Waals surface area contributed by atoms with Crippen molar-refractivity contribution < 1.29 is 18.4 Å². The van der Waals surface area contributed by atoms with Crippen molar-refractivity contribution in [2.24, 2.45) is 0 Å². The Morgan fingerprint density at radius 1 is 1.19 bits per heavy atom. The van der Waals surface area contributed by atoms with Crippen LogP contribution < -0.4 is 10.4 Å². The summed E-state index contributed by atoms with van der Waals surface area (Å²) in [5, 5.41) is 10.5. The van der Waals surface area contributed by atoms with Gasteiger partial charge in [-0.25, -0.2) is 18.9 Å². The van der Waals surface area contributed by atoms with Gasteiger partial charge in [-0.3, -0.25) is 10.0 Å². The number of hydrogen-bond acceptors (Lipinski definition) is 7. The van der Waals surface area contributed by atoms with Crippen LogP contribution in [-0.2, 0) is 10.0 Å². The molecule has 0 unspecified atom stereocenters. The fourth-order valence-electron chi connectivity index (χ4n) is 2.52. The first kappa shape index (κ1) is 18.5. The fourth-order valence-corrected chi connectivity index (χ4v) is 4.55. The van der Waals surface area contributed by atoms with E-state index < -0.39 is 15.9 Å². The van der Waals surface area contributed by atoms with Crippen LogP contribution in [0.25, 0.3) is 6.08 Å². The average molecular weight is 394 g/mol. The number of carbonyl (C=O) groups excluding carboxylic acids is 1. The molecule has 2 heterocycles. The van der Waals surface area contributed by atoms with Crippen LogP contribution in [0.5, 0.6) is 0 Å². The Morgan fingerprint density at radius 3 is 2.54 bits per heavy atom. The summed E-state index contributed by atoms with van der Waals surface area (Å²) in [6.07, 6.45) is 2.97. The maximum absolute atomic E-state index is 12.5. The number of piperazine rings is 1. The molecule has 1 saturated heterocycles. The van der Waals surface area contributed by atoms with Gasteiger partial charge in [-0.15, -0.1) is 0 Å². The second-order valence-corrected chi connectivity index (χ2v) is 8.42. The number of anilines is 1. The van der Waals surface area contributed by atoms with Crippen LogP contribution in [0.4, 0.5) is 5.13 Å². The lowest BCUT2D eigenvalue weighted by atomic mass is 10.2. The Kier molecular flexibility index (Phi) is 5.67. The number of aromatic nitrogens is 1. The second-order valence-electron chi connectivity index (χ2n) is 5.59. The Labute approximate surface area is 155 Å². The van der Waals surface area contributed by atoms with E-state index in [4.69, 9.17) is 5.21 Å². The van der Waals surface area contributed by atoms with Crippen molar-refractivity contribution in [1.82, 2.24) is 14.8 Å². The summed E-state index contributed by atoms with van der Waals surface area (Å²) in [4.78, 5) is 17.8. The molecule has 138 valence electrons. The lowest BCUT2D eigenvalue weighted by Crippen LogP contribution is -2.48. The summed E-state index contributed by atoms with van der Waals surface area (Å²) in [6, 6.07) is 9.26. The number of hydroxylamine groups is 1. The predicted octanol–water partition coefficient (Wildman–Crippen LogP) is 1.38. The molecule has 8 nitrogen and oxygen atoms in total. The molecule has 0 radical (unpaired) electrons. The molecule has 0 spiro atoms. The highest BCUT2D eigenvalue weighted by molar-refractivity contribution is 7.92. The van der Waals surface area contributed by atoms with E-state index in [0.717, 1.165) is 16.9 Å². The van der Waals surface area contributed by atoms with Gasteiger partial charge in [0.2, 0.25) is 10.0 Å². The number of benzene rings is 1. The van der Waals surface area contributed by atoms with E-state index in [-0.39, 0.29) is 0 Å². The molecule has 2 aromatic rings. The van der Waals surface area contributed by atoms with Crippen molar-refractivity contribution >= 4 is 38.5 Å². The minimum Gasteiger partial charge on any atom is -0.345 e. The monoisotopic (exact) mass is 394 g/mol. The molecule has 2 N–H and O–H groups in total. The van der Waals surface area contributed by atoms with E-state index in [0.29, 0.717) is 36.2 Å². The molecule has 1 aliphatic heterocycles. The number of nitrogens with one attached hydrogen (secondary N) is 1. The first-order chi connectivity index (χ1) is 12.5. The van der Waals surface area contributed by atoms with Crippen molar-refractivity contribution in [3.63, 3.8) is 0 Å². The molecule has 0 aliphatic carbocycles. The van der Waals surface area contributed by atoms with Gasteiger partial charge in [0, 0.05) is 31.6 Å². The molecule has 1 aromatic carbocycles. The Hall–Kier alpha value is -2.27. The molecule has 10 heteroatoms. The molecule has 1 aromatic heterocycles. The fraction of sp³-hybridized carbons (Fsp3) is 0.250. The smallest absolute Gasteiger partial charge is 0.286 e. The maximum Gasteiger partial charge on any atom is 0.286 e. The molecule has 1 aliphatic rings. The van der Waals surface area contributed by atoms with Crippen molar-refractivity contribution in [2.75, 3.05) is 31.1 Å². The lowest BCUT2D eigenvalue weighted by Gasteiger charge is -2.33. The summed E-state index contributed by atoms with van der Waals surface area (Å²) in [5.41, 5.74) is 2.40. The third-order valence-electron chi connectivity index (χ3n) is 3.92. The SMILES string of the molecule is O=C(NO)c1cnc(N2CCN(S(=O)(=O)/C=C/c3ccccc3)CC2)s1. The number of rotatable bonds is 5. The number of amides is 1. The van der Waals surface area contributed by atoms with Crippen molar-refractivity contribution in [3.05, 3.63) is 52.4 Å². The minimum absolute atomic E-state index is 0.295. The van der Waals surface area contributed by atoms with E-state index in [1.807, 2.05) is 35.2 Å². The molecular formula is C16H18N4O4S2. The third-order valence-corrected chi connectivity index (χ3v) is 6.54. The van der Waals surface area contributed by atoms with Crippen LogP contribution >= 0.6 is 11.3 Å². The first-order valence-electron chi connectivity index (χ1n) is 7.88. The van der Waals surface area contributed by atoms with E-state index >= 15 is 0 Å². The molecule has 1 amide bonds. The Balaban J connectivity index is 1.61. The van der Waals surface area contributed by atoms with Crippen LogP contribution in [0.3, 0.4) is 0 Å². The number of thiazole rings is 1. The first-order valence-corrected chi connectivity index (χ1v) is 10.2. The topological polar surface area (TPSA) is 103 Å². The molecule has 26 heavy (non-hydrogen) atoms. The highest BCUT2D eigenvalue weighted by Gasteiger charge is 2.26. The molecular weight excluding hydrogens is 376 g/mol. The second kappa shape index (κ2) is 7.96. The largest absolute Gasteiger partial charge is 0.345 e. The summed E-state index contributed by atoms with van der Waals surface area (Å²) >= 11 is 1.15. The molecule has 0 saturated carbocycles. The standard InChI is InChI=1S/C16H18N4O4S2/c21-15(18-22)14-12-17-16(25-14)19-7-9-20(10-8-19)26(23,24)11-6-13-4-2-1-3-5-13/h1-6,11-12,22H,7-10H2,(H,18,21)/b11-6+. The summed E-state index contributed by atoms with van der Waals surface area (Å²) in [7, 11) is -3.49. The summed E-state index contributed by atoms with van der Waals surface area (Å²) < 4.78 is 26.4. The molecule has 3 rings (SSSR count). The van der Waals surface area contributed by atoms with Crippen molar-refractivity contribution in [1.29, 1.82) is 0 Å². The normalized spacial score (nSPS) is 16.1. The highest BCUT2D eigenvalue weighted by Crippen LogP contribution is 2.24. The predicted molar refractivity (Wildman–Crippen MR) is 99.5 cm³/mol. The van der Waals surface area contributed by atoms with Gasteiger partial charge in [-0.05, 0) is 11.6 Å². The highest BCUT2D eigenvalue weighted by atomic mass is 32.2. The third kappa shape index (κ3) is 4.28. The van der Waals surface area contributed by atoms with E-state index in [2.05, 4.69) is 4.98 Å². The molecule has 1 fully saturated rings. The maximum atomic E-state index is 12.5. The van der Waals surface area contributed by atoms with Crippen LogP contribution in [0.2, 0.25) is 0 Å². The quantitative estimate of drug-likeness (QED) is 0.587. The van der Waals surface area contributed by atoms with Gasteiger partial charge in [0.1, 0.15) is 4.88 Å². The zero-order valence-electron chi connectivity index (χ0n) is 13.8. The number of nitrogens with zero attached hydrogens (tertiary/aromatic N) is 3. The van der Waals surface area contributed by atoms with Gasteiger partial charge in [0.15, 0.2) is 5.13 Å². The van der Waals surface area contributed by atoms with Gasteiger partial charge in [-0.1, -0.05) is 41.7 Å². The van der Waals surface area contributed by atoms with Gasteiger partial charge >= 0.3 is 0 Å². The lowest BCUT2D eigenvalue weighted by molar-refractivity contribution is 0.0710. The minimum atomic E-state index is -3.49. The number of sulfonamides is 1.